The molecule has 1 rings (SSSR count). The summed E-state index contributed by atoms with van der Waals surface area (Å²) in [6.07, 6.45) is -0.551. The summed E-state index contributed by atoms with van der Waals surface area (Å²) in [5.41, 5.74) is -0.644. The first-order chi connectivity index (χ1) is 8.11. The molecule has 0 N–H and O–H groups in total. The molecular formula is C12H20N2O4. The van der Waals surface area contributed by atoms with Gasteiger partial charge in [0.1, 0.15) is 11.6 Å². The van der Waals surface area contributed by atoms with Gasteiger partial charge in [0.15, 0.2) is 5.78 Å². The number of ketones is 1. The second-order valence-corrected chi connectivity index (χ2v) is 5.60. The van der Waals surface area contributed by atoms with Gasteiger partial charge < -0.3 is 9.64 Å². The van der Waals surface area contributed by atoms with E-state index in [0.29, 0.717) is 0 Å². The summed E-state index contributed by atoms with van der Waals surface area (Å²) in [5.74, 6) is -0.382. The number of hydrogen-bond donors (Lipinski definition) is 0. The summed E-state index contributed by atoms with van der Waals surface area (Å²) in [6, 6.07) is -0.734. The molecule has 1 fully saturated rings. The Hall–Kier alpha value is -1.59. The Bertz CT molecular complexity index is 371. The highest BCUT2D eigenvalue weighted by Crippen LogP contribution is 2.20. The normalized spacial score (nSPS) is 19.9. The van der Waals surface area contributed by atoms with Crippen LogP contribution in [0.4, 0.5) is 4.79 Å². The number of carbonyl (C=O) groups excluding carboxylic acids is 3. The van der Waals surface area contributed by atoms with Gasteiger partial charge in [-0.05, 0) is 20.8 Å². The topological polar surface area (TPSA) is 66.9 Å². The molecule has 102 valence electrons. The number of amides is 2. The number of likely N-dealkylation sites (tertiary alicyclic amines) is 1. The highest BCUT2D eigenvalue weighted by molar-refractivity contribution is 5.97. The largest absolute Gasteiger partial charge is 0.444 e. The van der Waals surface area contributed by atoms with Crippen molar-refractivity contribution in [2.75, 3.05) is 20.6 Å². The molecule has 0 aliphatic carbocycles. The van der Waals surface area contributed by atoms with E-state index in [0.717, 1.165) is 0 Å². The second kappa shape index (κ2) is 4.96. The number of ether oxygens (including phenoxy) is 1. The first-order valence-electron chi connectivity index (χ1n) is 5.84. The Morgan fingerprint density at radius 3 is 2.33 bits per heavy atom. The predicted molar refractivity (Wildman–Crippen MR) is 65.0 cm³/mol. The van der Waals surface area contributed by atoms with E-state index in [1.165, 1.54) is 9.80 Å². The molecule has 0 radical (unpaired) electrons. The van der Waals surface area contributed by atoms with Crippen LogP contribution in [0.5, 0.6) is 0 Å². The number of rotatable bonds is 1. The van der Waals surface area contributed by atoms with Gasteiger partial charge in [-0.15, -0.1) is 0 Å². The maximum absolute atomic E-state index is 11.9. The molecule has 1 heterocycles. The molecule has 1 aliphatic rings. The number of hydrogen-bond acceptors (Lipinski definition) is 4. The lowest BCUT2D eigenvalue weighted by Gasteiger charge is -2.28. The summed E-state index contributed by atoms with van der Waals surface area (Å²) >= 11 is 0. The van der Waals surface area contributed by atoms with Crippen LogP contribution in [-0.4, -0.2) is 59.9 Å². The molecule has 1 aliphatic heterocycles. The molecule has 6 heteroatoms. The summed E-state index contributed by atoms with van der Waals surface area (Å²) in [7, 11) is 3.19. The van der Waals surface area contributed by atoms with Gasteiger partial charge in [-0.25, -0.2) is 4.79 Å². The van der Waals surface area contributed by atoms with Crippen molar-refractivity contribution >= 4 is 17.8 Å². The number of likely N-dealkylation sites (N-methyl/N-ethyl adjacent to an activating group) is 1. The van der Waals surface area contributed by atoms with Crippen molar-refractivity contribution in [3.05, 3.63) is 0 Å². The molecule has 0 bridgehead atoms. The third-order valence-corrected chi connectivity index (χ3v) is 2.50. The van der Waals surface area contributed by atoms with E-state index in [9.17, 15) is 14.4 Å². The molecule has 1 saturated heterocycles. The van der Waals surface area contributed by atoms with Crippen LogP contribution in [0.25, 0.3) is 0 Å². The van der Waals surface area contributed by atoms with Crippen LogP contribution in [0.15, 0.2) is 0 Å². The molecule has 0 saturated carbocycles. The fraction of sp³-hybridized carbons (Fsp3) is 0.750. The van der Waals surface area contributed by atoms with Gasteiger partial charge in [-0.3, -0.25) is 14.5 Å². The molecule has 1 atom stereocenters. The lowest BCUT2D eigenvalue weighted by molar-refractivity contribution is -0.133. The molecule has 2 amide bonds. The van der Waals surface area contributed by atoms with Crippen molar-refractivity contribution in [1.82, 2.24) is 9.80 Å². The van der Waals surface area contributed by atoms with E-state index in [1.54, 1.807) is 34.9 Å². The van der Waals surface area contributed by atoms with Crippen LogP contribution in [0.2, 0.25) is 0 Å². The van der Waals surface area contributed by atoms with Gasteiger partial charge >= 0.3 is 6.09 Å². The lowest BCUT2D eigenvalue weighted by atomic mass is 10.2. The van der Waals surface area contributed by atoms with E-state index in [-0.39, 0.29) is 24.7 Å². The minimum Gasteiger partial charge on any atom is -0.444 e. The monoisotopic (exact) mass is 256 g/mol. The third-order valence-electron chi connectivity index (χ3n) is 2.50. The summed E-state index contributed by atoms with van der Waals surface area (Å²) in [4.78, 5) is 37.8. The molecule has 0 aromatic carbocycles. The van der Waals surface area contributed by atoms with E-state index in [1.807, 2.05) is 0 Å². The SMILES string of the molecule is CN(C)C(=O)[C@@H]1CC(=O)CN1C(=O)OC(C)(C)C. The van der Waals surface area contributed by atoms with Crippen LogP contribution in [-0.2, 0) is 14.3 Å². The van der Waals surface area contributed by atoms with Gasteiger partial charge in [0, 0.05) is 20.5 Å². The predicted octanol–water partition coefficient (Wildman–Crippen LogP) is 0.653. The minimum atomic E-state index is -0.734. The van der Waals surface area contributed by atoms with Crippen molar-refractivity contribution in [3.63, 3.8) is 0 Å². The maximum Gasteiger partial charge on any atom is 0.411 e. The van der Waals surface area contributed by atoms with Crippen LogP contribution in [0.3, 0.4) is 0 Å². The van der Waals surface area contributed by atoms with E-state index >= 15 is 0 Å². The number of nitrogens with zero attached hydrogens (tertiary/aromatic N) is 2. The Morgan fingerprint density at radius 2 is 1.89 bits per heavy atom. The highest BCUT2D eigenvalue weighted by atomic mass is 16.6. The van der Waals surface area contributed by atoms with E-state index in [4.69, 9.17) is 4.74 Å². The zero-order valence-electron chi connectivity index (χ0n) is 11.5. The smallest absolute Gasteiger partial charge is 0.411 e. The van der Waals surface area contributed by atoms with Gasteiger partial charge in [0.25, 0.3) is 0 Å². The fourth-order valence-corrected chi connectivity index (χ4v) is 1.72. The van der Waals surface area contributed by atoms with Crippen molar-refractivity contribution in [3.8, 4) is 0 Å². The van der Waals surface area contributed by atoms with Crippen LogP contribution in [0.1, 0.15) is 27.2 Å². The lowest BCUT2D eigenvalue weighted by Crippen LogP contribution is -2.47. The standard InChI is InChI=1S/C12H20N2O4/c1-12(2,3)18-11(17)14-7-8(15)6-9(14)10(16)13(4)5/h9H,6-7H2,1-5H3/t9-/m0/s1. The van der Waals surface area contributed by atoms with E-state index in [2.05, 4.69) is 0 Å². The molecular weight excluding hydrogens is 236 g/mol. The van der Waals surface area contributed by atoms with E-state index < -0.39 is 17.7 Å². The van der Waals surface area contributed by atoms with Crippen LogP contribution >= 0.6 is 0 Å². The second-order valence-electron chi connectivity index (χ2n) is 5.60. The molecule has 0 unspecified atom stereocenters. The third kappa shape index (κ3) is 3.45. The van der Waals surface area contributed by atoms with Gasteiger partial charge in [0.2, 0.25) is 5.91 Å². The summed E-state index contributed by atoms with van der Waals surface area (Å²) in [5, 5.41) is 0. The minimum absolute atomic E-state index is 0.0564. The summed E-state index contributed by atoms with van der Waals surface area (Å²) < 4.78 is 5.19. The Labute approximate surface area is 107 Å². The Morgan fingerprint density at radius 1 is 1.33 bits per heavy atom. The van der Waals surface area contributed by atoms with Crippen molar-refractivity contribution < 1.29 is 19.1 Å². The molecule has 0 spiro atoms. The molecule has 0 aromatic heterocycles. The average Bonchev–Trinajstić information content (AvgIpc) is 2.56. The number of Topliss-reactive ketones (excluding diaryl/α,β-unsaturated/α-hetero) is 1. The quantitative estimate of drug-likeness (QED) is 0.691. The van der Waals surface area contributed by atoms with Crippen LogP contribution in [0, 0.1) is 0 Å². The van der Waals surface area contributed by atoms with Gasteiger partial charge in [-0.2, -0.15) is 0 Å². The maximum atomic E-state index is 11.9. The first-order valence-corrected chi connectivity index (χ1v) is 5.84. The molecule has 6 nitrogen and oxygen atoms in total. The Balaban J connectivity index is 2.82. The molecule has 18 heavy (non-hydrogen) atoms. The van der Waals surface area contributed by atoms with Gasteiger partial charge in [0.05, 0.1) is 6.54 Å². The number of carbonyl (C=O) groups is 3. The van der Waals surface area contributed by atoms with Crippen molar-refractivity contribution in [2.24, 2.45) is 0 Å². The van der Waals surface area contributed by atoms with Crippen LogP contribution < -0.4 is 0 Å². The summed E-state index contributed by atoms with van der Waals surface area (Å²) in [6.45, 7) is 5.17. The van der Waals surface area contributed by atoms with Crippen molar-refractivity contribution in [1.29, 1.82) is 0 Å². The van der Waals surface area contributed by atoms with Gasteiger partial charge in [-0.1, -0.05) is 0 Å². The van der Waals surface area contributed by atoms with Crippen molar-refractivity contribution in [2.45, 2.75) is 38.8 Å². The first kappa shape index (κ1) is 14.5. The average molecular weight is 256 g/mol. The zero-order chi connectivity index (χ0) is 14.1. The zero-order valence-corrected chi connectivity index (χ0v) is 11.5. The highest BCUT2D eigenvalue weighted by Gasteiger charge is 2.41. The molecule has 0 aromatic rings. The Kier molecular flexibility index (Phi) is 3.98. The fourth-order valence-electron chi connectivity index (χ4n) is 1.72.